The second kappa shape index (κ2) is 6.48. The maximum atomic E-state index is 9.71. The number of ether oxygens (including phenoxy) is 1. The summed E-state index contributed by atoms with van der Waals surface area (Å²) in [6.45, 7) is 0. The molecular weight excluding hydrogens is 314 g/mol. The van der Waals surface area contributed by atoms with Gasteiger partial charge in [-0.2, -0.15) is 0 Å². The van der Waals surface area contributed by atoms with Gasteiger partial charge in [-0.15, -0.1) is 0 Å². The summed E-state index contributed by atoms with van der Waals surface area (Å²) in [5.41, 5.74) is 3.16. The lowest BCUT2D eigenvalue weighted by Gasteiger charge is -2.10. The molecule has 0 amide bonds. The van der Waals surface area contributed by atoms with Crippen molar-refractivity contribution in [2.75, 3.05) is 7.11 Å². The fraction of sp³-hybridized carbons (Fsp3) is 0.190. The van der Waals surface area contributed by atoms with Gasteiger partial charge >= 0.3 is 0 Å². The zero-order valence-electron chi connectivity index (χ0n) is 14.0. The summed E-state index contributed by atoms with van der Waals surface area (Å²) < 4.78 is 5.17. The van der Waals surface area contributed by atoms with Gasteiger partial charge < -0.3 is 14.7 Å². The Morgan fingerprint density at radius 1 is 1.12 bits per heavy atom. The van der Waals surface area contributed by atoms with Crippen LogP contribution in [-0.4, -0.2) is 24.0 Å². The molecule has 0 radical (unpaired) electrons. The van der Waals surface area contributed by atoms with Gasteiger partial charge in [0.05, 0.1) is 12.8 Å². The third kappa shape index (κ3) is 3.03. The van der Waals surface area contributed by atoms with E-state index in [1.807, 2.05) is 24.3 Å². The third-order valence-corrected chi connectivity index (χ3v) is 4.54. The van der Waals surface area contributed by atoms with E-state index in [0.29, 0.717) is 12.2 Å². The molecule has 1 N–H and O–H groups in total. The van der Waals surface area contributed by atoms with E-state index in [1.54, 1.807) is 13.2 Å². The number of fused-ring (bicyclic) bond motifs is 1. The zero-order chi connectivity index (χ0) is 17.2. The molecule has 4 nitrogen and oxygen atoms in total. The Kier molecular flexibility index (Phi) is 4.02. The van der Waals surface area contributed by atoms with Crippen molar-refractivity contribution >= 4 is 16.5 Å². The van der Waals surface area contributed by atoms with Crippen LogP contribution in [0.3, 0.4) is 0 Å². The summed E-state index contributed by atoms with van der Waals surface area (Å²) in [5.74, 6) is 0.622. The molecule has 4 rings (SSSR count). The Hall–Kier alpha value is -3.01. The van der Waals surface area contributed by atoms with E-state index in [0.717, 1.165) is 23.3 Å². The first kappa shape index (κ1) is 15.5. The molecule has 0 aliphatic carbocycles. The predicted molar refractivity (Wildman–Crippen MR) is 98.3 cm³/mol. The monoisotopic (exact) mass is 333 g/mol. The summed E-state index contributed by atoms with van der Waals surface area (Å²) in [6.07, 6.45) is 1.47. The van der Waals surface area contributed by atoms with Crippen LogP contribution >= 0.6 is 0 Å². The van der Waals surface area contributed by atoms with Gasteiger partial charge in [-0.3, -0.25) is 0 Å². The van der Waals surface area contributed by atoms with Crippen LogP contribution in [0.1, 0.15) is 17.5 Å². The molecule has 25 heavy (non-hydrogen) atoms. The molecule has 0 bridgehead atoms. The highest BCUT2D eigenvalue weighted by Gasteiger charge is 2.24. The number of hydrogen-bond donors (Lipinski definition) is 1. The second-order valence-electron chi connectivity index (χ2n) is 6.21. The number of rotatable bonds is 4. The number of benzene rings is 3. The van der Waals surface area contributed by atoms with Gasteiger partial charge in [0.2, 0.25) is 0 Å². The van der Waals surface area contributed by atoms with Crippen LogP contribution in [0.2, 0.25) is 0 Å². The van der Waals surface area contributed by atoms with E-state index in [1.165, 1.54) is 10.8 Å². The fourth-order valence-corrected chi connectivity index (χ4v) is 3.29. The summed E-state index contributed by atoms with van der Waals surface area (Å²) >= 11 is 0. The minimum atomic E-state index is -0.0109. The van der Waals surface area contributed by atoms with E-state index >= 15 is 0 Å². The standard InChI is InChI=1S/C21H19NO3/c1-24-21-12-14(9-10-20(21)23)11-16-13-19(22-25-16)18-8-4-6-15-5-2-3-7-17(15)18/h2-10,12,16,23H,11,13H2,1H3. The Morgan fingerprint density at radius 2 is 1.96 bits per heavy atom. The number of phenolic OH excluding ortho intramolecular Hbond substituents is 1. The SMILES string of the molecule is COc1cc(CC2CC(c3cccc4ccccc34)=NO2)ccc1O. The lowest BCUT2D eigenvalue weighted by atomic mass is 9.96. The van der Waals surface area contributed by atoms with Gasteiger partial charge in [-0.05, 0) is 28.5 Å². The molecule has 4 heteroatoms. The largest absolute Gasteiger partial charge is 0.504 e. The molecule has 1 atom stereocenters. The number of oxime groups is 1. The summed E-state index contributed by atoms with van der Waals surface area (Å²) in [6, 6.07) is 19.9. The van der Waals surface area contributed by atoms with Crippen molar-refractivity contribution in [1.82, 2.24) is 0 Å². The predicted octanol–water partition coefficient (Wildman–Crippen LogP) is 4.29. The highest BCUT2D eigenvalue weighted by molar-refractivity contribution is 6.11. The third-order valence-electron chi connectivity index (χ3n) is 4.54. The number of nitrogens with zero attached hydrogens (tertiary/aromatic N) is 1. The molecule has 126 valence electrons. The van der Waals surface area contributed by atoms with Gasteiger partial charge in [-0.25, -0.2) is 0 Å². The number of aromatic hydroxyl groups is 1. The molecule has 1 aliphatic rings. The van der Waals surface area contributed by atoms with Crippen molar-refractivity contribution < 1.29 is 14.7 Å². The van der Waals surface area contributed by atoms with Crippen molar-refractivity contribution in [3.05, 3.63) is 71.8 Å². The zero-order valence-corrected chi connectivity index (χ0v) is 14.0. The molecule has 0 spiro atoms. The first-order valence-corrected chi connectivity index (χ1v) is 8.31. The van der Waals surface area contributed by atoms with Gasteiger partial charge in [0.15, 0.2) is 11.5 Å². The molecular formula is C21H19NO3. The van der Waals surface area contributed by atoms with E-state index in [4.69, 9.17) is 9.57 Å². The number of phenols is 1. The summed E-state index contributed by atoms with van der Waals surface area (Å²) in [4.78, 5) is 5.66. The lowest BCUT2D eigenvalue weighted by Crippen LogP contribution is -2.12. The van der Waals surface area contributed by atoms with E-state index in [-0.39, 0.29) is 11.9 Å². The van der Waals surface area contributed by atoms with Crippen molar-refractivity contribution in [2.45, 2.75) is 18.9 Å². The smallest absolute Gasteiger partial charge is 0.160 e. The Bertz CT molecular complexity index is 944. The maximum Gasteiger partial charge on any atom is 0.160 e. The Morgan fingerprint density at radius 3 is 2.84 bits per heavy atom. The number of methoxy groups -OCH3 is 1. The van der Waals surface area contributed by atoms with Crippen LogP contribution in [-0.2, 0) is 11.3 Å². The van der Waals surface area contributed by atoms with Crippen molar-refractivity contribution in [3.63, 3.8) is 0 Å². The molecule has 0 aromatic heterocycles. The Balaban J connectivity index is 1.53. The minimum absolute atomic E-state index is 0.0109. The van der Waals surface area contributed by atoms with Crippen molar-refractivity contribution in [1.29, 1.82) is 0 Å². The van der Waals surface area contributed by atoms with Crippen LogP contribution in [0, 0.1) is 0 Å². The summed E-state index contributed by atoms with van der Waals surface area (Å²) in [5, 5.41) is 16.4. The van der Waals surface area contributed by atoms with Crippen LogP contribution < -0.4 is 4.74 Å². The first-order valence-electron chi connectivity index (χ1n) is 8.31. The van der Waals surface area contributed by atoms with E-state index < -0.39 is 0 Å². The second-order valence-corrected chi connectivity index (χ2v) is 6.21. The Labute approximate surface area is 146 Å². The van der Waals surface area contributed by atoms with E-state index in [2.05, 4.69) is 35.5 Å². The van der Waals surface area contributed by atoms with Gasteiger partial charge in [0.25, 0.3) is 0 Å². The maximum absolute atomic E-state index is 9.71. The molecule has 0 fully saturated rings. The normalized spacial score (nSPS) is 16.5. The fourth-order valence-electron chi connectivity index (χ4n) is 3.29. The highest BCUT2D eigenvalue weighted by atomic mass is 16.6. The molecule has 0 saturated carbocycles. The molecule has 1 heterocycles. The topological polar surface area (TPSA) is 51.0 Å². The van der Waals surface area contributed by atoms with Crippen molar-refractivity contribution in [2.24, 2.45) is 5.16 Å². The average molecular weight is 333 g/mol. The van der Waals surface area contributed by atoms with Crippen LogP contribution in [0.25, 0.3) is 10.8 Å². The molecule has 1 unspecified atom stereocenters. The molecule has 3 aromatic carbocycles. The molecule has 1 aliphatic heterocycles. The quantitative estimate of drug-likeness (QED) is 0.775. The average Bonchev–Trinajstić information content (AvgIpc) is 3.11. The number of hydrogen-bond acceptors (Lipinski definition) is 4. The molecule has 0 saturated heterocycles. The van der Waals surface area contributed by atoms with Crippen molar-refractivity contribution in [3.8, 4) is 11.5 Å². The minimum Gasteiger partial charge on any atom is -0.504 e. The molecule has 3 aromatic rings. The van der Waals surface area contributed by atoms with Crippen LogP contribution in [0.15, 0.2) is 65.8 Å². The van der Waals surface area contributed by atoms with Gasteiger partial charge in [0.1, 0.15) is 6.10 Å². The van der Waals surface area contributed by atoms with Crippen LogP contribution in [0.4, 0.5) is 0 Å². The van der Waals surface area contributed by atoms with E-state index in [9.17, 15) is 5.11 Å². The highest BCUT2D eigenvalue weighted by Crippen LogP contribution is 2.29. The lowest BCUT2D eigenvalue weighted by molar-refractivity contribution is 0.0859. The van der Waals surface area contributed by atoms with Crippen LogP contribution in [0.5, 0.6) is 11.5 Å². The summed E-state index contributed by atoms with van der Waals surface area (Å²) in [7, 11) is 1.55. The van der Waals surface area contributed by atoms with Gasteiger partial charge in [0, 0.05) is 18.4 Å². The first-order chi connectivity index (χ1) is 12.2. The van der Waals surface area contributed by atoms with Gasteiger partial charge in [-0.1, -0.05) is 53.7 Å².